The maximum atomic E-state index is 12.3. The van der Waals surface area contributed by atoms with Crippen LogP contribution in [-0.4, -0.2) is 66.9 Å². The van der Waals surface area contributed by atoms with Crippen molar-refractivity contribution in [2.24, 2.45) is 0 Å². The molecule has 2 N–H and O–H groups in total. The second kappa shape index (κ2) is 12.2. The van der Waals surface area contributed by atoms with Gasteiger partial charge in [0.2, 0.25) is 5.91 Å². The minimum atomic E-state index is -0.883. The number of hydrogen-bond acceptors (Lipinski definition) is 5. The van der Waals surface area contributed by atoms with E-state index in [1.807, 2.05) is 38.1 Å². The van der Waals surface area contributed by atoms with E-state index in [0.29, 0.717) is 13.0 Å². The second-order valence-electron chi connectivity index (χ2n) is 8.48. The van der Waals surface area contributed by atoms with Gasteiger partial charge in [-0.05, 0) is 42.5 Å². The summed E-state index contributed by atoms with van der Waals surface area (Å²) in [5.41, 5.74) is 4.64. The van der Waals surface area contributed by atoms with Gasteiger partial charge in [0.25, 0.3) is 0 Å². The molecule has 182 valence electrons. The van der Waals surface area contributed by atoms with E-state index in [0.717, 1.165) is 11.1 Å². The molecule has 1 aliphatic carbocycles. The molecule has 8 nitrogen and oxygen atoms in total. The lowest BCUT2D eigenvalue weighted by Gasteiger charge is -2.26. The average Bonchev–Trinajstić information content (AvgIpc) is 3.13. The molecule has 34 heavy (non-hydrogen) atoms. The molecule has 0 unspecified atom stereocenters. The molecule has 2 aromatic carbocycles. The van der Waals surface area contributed by atoms with Gasteiger partial charge in [-0.2, -0.15) is 0 Å². The number of carboxylic acids is 1. The number of carbonyl (C=O) groups excluding carboxylic acids is 2. The Morgan fingerprint density at radius 2 is 1.65 bits per heavy atom. The number of rotatable bonds is 12. The highest BCUT2D eigenvalue weighted by Crippen LogP contribution is 2.44. The number of amides is 2. The van der Waals surface area contributed by atoms with E-state index < -0.39 is 12.1 Å². The molecule has 3 rings (SSSR count). The van der Waals surface area contributed by atoms with Gasteiger partial charge in [-0.3, -0.25) is 9.59 Å². The molecule has 8 heteroatoms. The van der Waals surface area contributed by atoms with Crippen molar-refractivity contribution in [3.05, 3.63) is 59.7 Å². The van der Waals surface area contributed by atoms with E-state index in [2.05, 4.69) is 29.6 Å². The van der Waals surface area contributed by atoms with Crippen LogP contribution < -0.4 is 5.32 Å². The van der Waals surface area contributed by atoms with E-state index in [9.17, 15) is 14.4 Å². The molecular formula is C26H32N2O6. The van der Waals surface area contributed by atoms with E-state index >= 15 is 0 Å². The van der Waals surface area contributed by atoms with Gasteiger partial charge in [-0.25, -0.2) is 4.79 Å². The SMILES string of the molecule is CC(C)N(CCCC(=O)O)C(=O)COCCNC(=O)OCC1c2ccccc2-c2ccccc21. The number of carboxylic acid groups (broad SMARTS) is 1. The molecule has 0 aliphatic heterocycles. The largest absolute Gasteiger partial charge is 0.481 e. The van der Waals surface area contributed by atoms with Crippen LogP contribution in [0.1, 0.15) is 43.7 Å². The summed E-state index contributed by atoms with van der Waals surface area (Å²) in [6.45, 7) is 4.59. The standard InChI is InChI=1S/C26H32N2O6/c1-18(2)28(14-7-12-25(30)31)24(29)17-33-15-13-27-26(32)34-16-23-21-10-5-3-8-19(21)20-9-4-6-11-22(20)23/h3-6,8-11,18,23H,7,12-17H2,1-2H3,(H,27,32)(H,30,31). The number of nitrogens with zero attached hydrogens (tertiary/aromatic N) is 1. The number of hydrogen-bond donors (Lipinski definition) is 2. The molecule has 0 spiro atoms. The molecular weight excluding hydrogens is 436 g/mol. The molecule has 0 saturated carbocycles. The van der Waals surface area contributed by atoms with E-state index in [1.165, 1.54) is 11.1 Å². The van der Waals surface area contributed by atoms with Crippen molar-refractivity contribution < 1.29 is 29.0 Å². The Hall–Kier alpha value is -3.39. The second-order valence-corrected chi connectivity index (χ2v) is 8.48. The minimum Gasteiger partial charge on any atom is -0.481 e. The maximum Gasteiger partial charge on any atom is 0.407 e. The van der Waals surface area contributed by atoms with Crippen molar-refractivity contribution in [3.8, 4) is 11.1 Å². The van der Waals surface area contributed by atoms with Crippen LogP contribution in [0, 0.1) is 0 Å². The number of benzene rings is 2. The van der Waals surface area contributed by atoms with Crippen molar-refractivity contribution in [2.45, 2.75) is 38.6 Å². The fraction of sp³-hybridized carbons (Fsp3) is 0.423. The number of aliphatic carboxylic acids is 1. The number of carbonyl (C=O) groups is 3. The van der Waals surface area contributed by atoms with Gasteiger partial charge in [-0.15, -0.1) is 0 Å². The topological polar surface area (TPSA) is 105 Å². The van der Waals surface area contributed by atoms with Crippen molar-refractivity contribution >= 4 is 18.0 Å². The third-order valence-electron chi connectivity index (χ3n) is 5.82. The van der Waals surface area contributed by atoms with Crippen LogP contribution in [0.2, 0.25) is 0 Å². The number of fused-ring (bicyclic) bond motifs is 3. The monoisotopic (exact) mass is 468 g/mol. The zero-order valence-electron chi connectivity index (χ0n) is 19.7. The van der Waals surface area contributed by atoms with E-state index in [-0.39, 0.29) is 50.7 Å². The first-order valence-corrected chi connectivity index (χ1v) is 11.6. The first kappa shape index (κ1) is 25.2. The third kappa shape index (κ3) is 6.57. The Labute approximate surface area is 199 Å². The smallest absolute Gasteiger partial charge is 0.407 e. The van der Waals surface area contributed by atoms with Gasteiger partial charge >= 0.3 is 12.1 Å². The van der Waals surface area contributed by atoms with E-state index in [4.69, 9.17) is 14.6 Å². The van der Waals surface area contributed by atoms with Crippen LogP contribution in [0.25, 0.3) is 11.1 Å². The first-order valence-electron chi connectivity index (χ1n) is 11.6. The molecule has 0 fully saturated rings. The lowest BCUT2D eigenvalue weighted by atomic mass is 9.98. The summed E-state index contributed by atoms with van der Waals surface area (Å²) in [5.74, 6) is -1.09. The summed E-state index contributed by atoms with van der Waals surface area (Å²) in [6, 6.07) is 16.2. The highest BCUT2D eigenvalue weighted by Gasteiger charge is 2.29. The van der Waals surface area contributed by atoms with Gasteiger partial charge < -0.3 is 24.8 Å². The van der Waals surface area contributed by atoms with Crippen molar-refractivity contribution in [1.82, 2.24) is 10.2 Å². The van der Waals surface area contributed by atoms with Crippen LogP contribution in [0.4, 0.5) is 4.79 Å². The zero-order valence-corrected chi connectivity index (χ0v) is 19.7. The highest BCUT2D eigenvalue weighted by molar-refractivity contribution is 5.79. The normalized spacial score (nSPS) is 12.2. The van der Waals surface area contributed by atoms with Crippen LogP contribution in [0.15, 0.2) is 48.5 Å². The number of alkyl carbamates (subject to hydrolysis) is 1. The molecule has 2 amide bonds. The Morgan fingerprint density at radius 3 is 2.24 bits per heavy atom. The van der Waals surface area contributed by atoms with Crippen LogP contribution in [0.3, 0.4) is 0 Å². The predicted octanol–water partition coefficient (Wildman–Crippen LogP) is 3.64. The summed E-state index contributed by atoms with van der Waals surface area (Å²) < 4.78 is 10.9. The van der Waals surface area contributed by atoms with Gasteiger partial charge in [-0.1, -0.05) is 48.5 Å². The minimum absolute atomic E-state index is 0.00448. The third-order valence-corrected chi connectivity index (χ3v) is 5.82. The number of nitrogens with one attached hydrogen (secondary N) is 1. The Bertz CT molecular complexity index is 961. The Balaban J connectivity index is 1.38. The predicted molar refractivity (Wildman–Crippen MR) is 128 cm³/mol. The molecule has 2 aromatic rings. The number of ether oxygens (including phenoxy) is 2. The quantitative estimate of drug-likeness (QED) is 0.461. The fourth-order valence-corrected chi connectivity index (χ4v) is 4.19. The Morgan fingerprint density at radius 1 is 1.03 bits per heavy atom. The summed E-state index contributed by atoms with van der Waals surface area (Å²) in [5, 5.41) is 11.4. The van der Waals surface area contributed by atoms with Gasteiger partial charge in [0.05, 0.1) is 6.61 Å². The van der Waals surface area contributed by atoms with E-state index in [1.54, 1.807) is 4.90 Å². The van der Waals surface area contributed by atoms with Crippen LogP contribution in [-0.2, 0) is 19.1 Å². The fourth-order valence-electron chi connectivity index (χ4n) is 4.19. The molecule has 0 atom stereocenters. The van der Waals surface area contributed by atoms with Gasteiger partial charge in [0.1, 0.15) is 13.2 Å². The van der Waals surface area contributed by atoms with Crippen molar-refractivity contribution in [3.63, 3.8) is 0 Å². The van der Waals surface area contributed by atoms with Crippen LogP contribution in [0.5, 0.6) is 0 Å². The van der Waals surface area contributed by atoms with Gasteiger partial charge in [0.15, 0.2) is 0 Å². The molecule has 0 saturated heterocycles. The van der Waals surface area contributed by atoms with Crippen molar-refractivity contribution in [2.75, 3.05) is 32.9 Å². The lowest BCUT2D eigenvalue weighted by Crippen LogP contribution is -2.40. The molecule has 0 bridgehead atoms. The van der Waals surface area contributed by atoms with Crippen LogP contribution >= 0.6 is 0 Å². The van der Waals surface area contributed by atoms with Gasteiger partial charge in [0, 0.05) is 31.5 Å². The Kier molecular flexibility index (Phi) is 9.04. The molecule has 1 aliphatic rings. The van der Waals surface area contributed by atoms with Crippen molar-refractivity contribution in [1.29, 1.82) is 0 Å². The summed E-state index contributed by atoms with van der Waals surface area (Å²) in [7, 11) is 0. The average molecular weight is 469 g/mol. The molecule has 0 aromatic heterocycles. The molecule has 0 radical (unpaired) electrons. The summed E-state index contributed by atoms with van der Waals surface area (Å²) in [4.78, 5) is 36.8. The maximum absolute atomic E-state index is 12.3. The highest BCUT2D eigenvalue weighted by atomic mass is 16.5. The first-order chi connectivity index (χ1) is 16.4. The molecule has 0 heterocycles. The zero-order chi connectivity index (χ0) is 24.5. The lowest BCUT2D eigenvalue weighted by molar-refractivity contribution is -0.140. The summed E-state index contributed by atoms with van der Waals surface area (Å²) in [6.07, 6.45) is -0.126. The summed E-state index contributed by atoms with van der Waals surface area (Å²) >= 11 is 0.